The highest BCUT2D eigenvalue weighted by Crippen LogP contribution is 2.30. The Morgan fingerprint density at radius 2 is 2.00 bits per heavy atom. The Morgan fingerprint density at radius 3 is 2.69 bits per heavy atom. The van der Waals surface area contributed by atoms with Crippen LogP contribution < -0.4 is 5.32 Å². The van der Waals surface area contributed by atoms with Crippen LogP contribution in [0.2, 0.25) is 0 Å². The number of amides is 1. The van der Waals surface area contributed by atoms with Gasteiger partial charge in [-0.15, -0.1) is 0 Å². The monoisotopic (exact) mass is 408 g/mol. The van der Waals surface area contributed by atoms with E-state index in [2.05, 4.69) is 22.2 Å². The zero-order valence-corrected chi connectivity index (χ0v) is 16.8. The number of carbonyl (C=O) groups excluding carboxylic acids is 1. The number of hydrogen-bond donors (Lipinski definition) is 1. The highest BCUT2D eigenvalue weighted by molar-refractivity contribution is 5.95. The fourth-order valence-electron chi connectivity index (χ4n) is 3.59. The van der Waals surface area contributed by atoms with Crippen molar-refractivity contribution in [2.24, 2.45) is 5.92 Å². The number of nitrogens with one attached hydrogen (secondary N) is 1. The van der Waals surface area contributed by atoms with Gasteiger partial charge in [0.25, 0.3) is 5.91 Å². The van der Waals surface area contributed by atoms with E-state index in [0.717, 1.165) is 44.1 Å². The molecule has 0 spiro atoms. The van der Waals surface area contributed by atoms with Gasteiger partial charge in [-0.25, -0.2) is 4.68 Å². The SMILES string of the molecule is Cc1c(C(=O)NCCCN2CCC(C)CC2)cnn1-c1cccc(C(F)(F)F)c1. The van der Waals surface area contributed by atoms with Gasteiger partial charge < -0.3 is 10.2 Å². The summed E-state index contributed by atoms with van der Waals surface area (Å²) < 4.78 is 40.2. The minimum absolute atomic E-state index is 0.256. The summed E-state index contributed by atoms with van der Waals surface area (Å²) in [5.41, 5.74) is 0.403. The minimum Gasteiger partial charge on any atom is -0.352 e. The molecule has 0 atom stereocenters. The summed E-state index contributed by atoms with van der Waals surface area (Å²) in [5.74, 6) is 0.537. The van der Waals surface area contributed by atoms with Gasteiger partial charge in [0.15, 0.2) is 0 Å². The molecule has 1 saturated heterocycles. The highest BCUT2D eigenvalue weighted by atomic mass is 19.4. The molecular formula is C21H27F3N4O. The number of nitrogens with zero attached hydrogens (tertiary/aromatic N) is 3. The molecule has 2 aromatic rings. The number of likely N-dealkylation sites (tertiary alicyclic amines) is 1. The molecular weight excluding hydrogens is 381 g/mol. The number of aromatic nitrogens is 2. The molecule has 1 aliphatic rings. The predicted octanol–water partition coefficient (Wildman–Crippen LogP) is 4.05. The highest BCUT2D eigenvalue weighted by Gasteiger charge is 2.30. The lowest BCUT2D eigenvalue weighted by Gasteiger charge is -2.30. The van der Waals surface area contributed by atoms with E-state index in [1.807, 2.05) is 0 Å². The van der Waals surface area contributed by atoms with Crippen molar-refractivity contribution >= 4 is 5.91 Å². The van der Waals surface area contributed by atoms with Crippen molar-refractivity contribution in [1.82, 2.24) is 20.0 Å². The van der Waals surface area contributed by atoms with E-state index in [1.54, 1.807) is 6.92 Å². The van der Waals surface area contributed by atoms with Crippen LogP contribution in [0.3, 0.4) is 0 Å². The molecule has 2 heterocycles. The molecule has 5 nitrogen and oxygen atoms in total. The third-order valence-corrected chi connectivity index (χ3v) is 5.49. The van der Waals surface area contributed by atoms with Crippen LogP contribution in [-0.4, -0.2) is 46.8 Å². The van der Waals surface area contributed by atoms with E-state index in [0.29, 0.717) is 17.8 Å². The molecule has 29 heavy (non-hydrogen) atoms. The zero-order valence-electron chi connectivity index (χ0n) is 16.8. The number of rotatable bonds is 6. The number of carbonyl (C=O) groups is 1. The van der Waals surface area contributed by atoms with E-state index in [9.17, 15) is 18.0 Å². The van der Waals surface area contributed by atoms with E-state index < -0.39 is 11.7 Å². The van der Waals surface area contributed by atoms with Crippen molar-refractivity contribution in [2.45, 2.75) is 39.3 Å². The minimum atomic E-state index is -4.43. The lowest BCUT2D eigenvalue weighted by Crippen LogP contribution is -2.35. The molecule has 1 amide bonds. The first-order chi connectivity index (χ1) is 13.8. The number of benzene rings is 1. The number of halogens is 3. The lowest BCUT2D eigenvalue weighted by molar-refractivity contribution is -0.137. The van der Waals surface area contributed by atoms with Crippen LogP contribution in [0.1, 0.15) is 47.8 Å². The molecule has 3 rings (SSSR count). The molecule has 0 saturated carbocycles. The molecule has 1 aromatic carbocycles. The van der Waals surface area contributed by atoms with E-state index in [4.69, 9.17) is 0 Å². The smallest absolute Gasteiger partial charge is 0.352 e. The van der Waals surface area contributed by atoms with Crippen LogP contribution in [0.15, 0.2) is 30.5 Å². The fourth-order valence-corrected chi connectivity index (χ4v) is 3.59. The van der Waals surface area contributed by atoms with Gasteiger partial charge in [0.2, 0.25) is 0 Å². The standard InChI is InChI=1S/C21H27F3N4O/c1-15-7-11-27(12-8-15)10-4-9-25-20(29)19-14-26-28(16(19)2)18-6-3-5-17(13-18)21(22,23)24/h3,5-6,13-15H,4,7-12H2,1-2H3,(H,25,29). The Labute approximate surface area is 168 Å². The molecule has 0 radical (unpaired) electrons. The first-order valence-corrected chi connectivity index (χ1v) is 9.98. The molecule has 158 valence electrons. The molecule has 0 unspecified atom stereocenters. The zero-order chi connectivity index (χ0) is 21.0. The predicted molar refractivity (Wildman–Crippen MR) is 105 cm³/mol. The summed E-state index contributed by atoms with van der Waals surface area (Å²) in [4.78, 5) is 14.9. The van der Waals surface area contributed by atoms with Crippen LogP contribution in [-0.2, 0) is 6.18 Å². The fraction of sp³-hybridized carbons (Fsp3) is 0.524. The second-order valence-electron chi connectivity index (χ2n) is 7.74. The van der Waals surface area contributed by atoms with Gasteiger partial charge in [-0.3, -0.25) is 4.79 Å². The number of alkyl halides is 3. The van der Waals surface area contributed by atoms with Crippen molar-refractivity contribution in [3.63, 3.8) is 0 Å². The average molecular weight is 408 g/mol. The Bertz CT molecular complexity index is 839. The maximum Gasteiger partial charge on any atom is 0.416 e. The van der Waals surface area contributed by atoms with Gasteiger partial charge in [-0.1, -0.05) is 13.0 Å². The Hall–Kier alpha value is -2.35. The van der Waals surface area contributed by atoms with Gasteiger partial charge in [-0.05, 0) is 69.9 Å². The molecule has 0 bridgehead atoms. The average Bonchev–Trinajstić information content (AvgIpc) is 3.07. The van der Waals surface area contributed by atoms with Crippen molar-refractivity contribution < 1.29 is 18.0 Å². The van der Waals surface area contributed by atoms with Crippen molar-refractivity contribution in [3.8, 4) is 5.69 Å². The largest absolute Gasteiger partial charge is 0.416 e. The molecule has 1 fully saturated rings. The van der Waals surface area contributed by atoms with Crippen LogP contribution in [0.4, 0.5) is 13.2 Å². The third-order valence-electron chi connectivity index (χ3n) is 5.49. The van der Waals surface area contributed by atoms with Crippen molar-refractivity contribution in [3.05, 3.63) is 47.3 Å². The first kappa shape index (κ1) is 21.4. The summed E-state index contributed by atoms with van der Waals surface area (Å²) in [7, 11) is 0. The van der Waals surface area contributed by atoms with E-state index >= 15 is 0 Å². The first-order valence-electron chi connectivity index (χ1n) is 9.98. The molecule has 0 aliphatic carbocycles. The third kappa shape index (κ3) is 5.38. The number of hydrogen-bond acceptors (Lipinski definition) is 3. The Balaban J connectivity index is 1.57. The maximum atomic E-state index is 12.9. The Kier molecular flexibility index (Phi) is 6.62. The van der Waals surface area contributed by atoms with Crippen LogP contribution in [0.25, 0.3) is 5.69 Å². The Morgan fingerprint density at radius 1 is 1.28 bits per heavy atom. The normalized spacial score (nSPS) is 16.2. The summed E-state index contributed by atoms with van der Waals surface area (Å²) in [5, 5.41) is 7.01. The van der Waals surface area contributed by atoms with Gasteiger partial charge in [-0.2, -0.15) is 18.3 Å². The quantitative estimate of drug-likeness (QED) is 0.734. The second-order valence-corrected chi connectivity index (χ2v) is 7.74. The van der Waals surface area contributed by atoms with Crippen LogP contribution >= 0.6 is 0 Å². The summed E-state index contributed by atoms with van der Waals surface area (Å²) in [6.45, 7) is 7.68. The van der Waals surface area contributed by atoms with Gasteiger partial charge in [0.1, 0.15) is 0 Å². The summed E-state index contributed by atoms with van der Waals surface area (Å²) in [6.07, 6.45) is 0.280. The molecule has 1 N–H and O–H groups in total. The summed E-state index contributed by atoms with van der Waals surface area (Å²) in [6, 6.07) is 4.91. The van der Waals surface area contributed by atoms with Crippen LogP contribution in [0, 0.1) is 12.8 Å². The summed E-state index contributed by atoms with van der Waals surface area (Å²) >= 11 is 0. The maximum absolute atomic E-state index is 12.9. The van der Waals surface area contributed by atoms with Gasteiger partial charge in [0, 0.05) is 6.54 Å². The number of piperidine rings is 1. The van der Waals surface area contributed by atoms with Crippen molar-refractivity contribution in [1.29, 1.82) is 0 Å². The van der Waals surface area contributed by atoms with Crippen LogP contribution in [0.5, 0.6) is 0 Å². The molecule has 1 aromatic heterocycles. The lowest BCUT2D eigenvalue weighted by atomic mass is 9.99. The van der Waals surface area contributed by atoms with Gasteiger partial charge >= 0.3 is 6.18 Å². The molecule has 1 aliphatic heterocycles. The second kappa shape index (κ2) is 8.98. The van der Waals surface area contributed by atoms with E-state index in [-0.39, 0.29) is 11.6 Å². The topological polar surface area (TPSA) is 50.2 Å². The van der Waals surface area contributed by atoms with Gasteiger partial charge in [0.05, 0.1) is 28.7 Å². The molecule has 8 heteroatoms. The van der Waals surface area contributed by atoms with Crippen molar-refractivity contribution in [2.75, 3.05) is 26.2 Å². The van der Waals surface area contributed by atoms with E-state index in [1.165, 1.54) is 35.9 Å².